The lowest BCUT2D eigenvalue weighted by Crippen LogP contribution is -2.48. The average Bonchev–Trinajstić information content (AvgIpc) is 2.27. The Bertz CT molecular complexity index is 380. The quantitative estimate of drug-likeness (QED) is 0.858. The molecule has 1 N–H and O–H groups in total. The van der Waals surface area contributed by atoms with Crippen molar-refractivity contribution >= 4 is 0 Å². The predicted molar refractivity (Wildman–Crippen MR) is 64.0 cm³/mol. The molecule has 0 aliphatic rings. The molecule has 1 rings (SSSR count). The van der Waals surface area contributed by atoms with Gasteiger partial charge in [0.1, 0.15) is 11.6 Å². The zero-order valence-electron chi connectivity index (χ0n) is 10.7. The topological polar surface area (TPSA) is 21.3 Å². The molecular formula is C13H19F2NO. The largest absolute Gasteiger partial charge is 0.377 e. The van der Waals surface area contributed by atoms with Crippen molar-refractivity contribution in [2.24, 2.45) is 0 Å². The van der Waals surface area contributed by atoms with Crippen LogP contribution >= 0.6 is 0 Å². The first kappa shape index (κ1) is 14.1. The number of ether oxygens (including phenoxy) is 1. The van der Waals surface area contributed by atoms with Gasteiger partial charge in [-0.3, -0.25) is 0 Å². The SMILES string of the molecule is CNC(Cc1ccc(F)cc1F)C(C)(C)OC. The van der Waals surface area contributed by atoms with Gasteiger partial charge < -0.3 is 10.1 Å². The molecule has 0 aliphatic carbocycles. The number of likely N-dealkylation sites (N-methyl/N-ethyl adjacent to an activating group) is 1. The molecule has 0 radical (unpaired) electrons. The monoisotopic (exact) mass is 243 g/mol. The first-order valence-corrected chi connectivity index (χ1v) is 5.57. The third-order valence-electron chi connectivity index (χ3n) is 3.15. The number of halogens is 2. The minimum atomic E-state index is -0.557. The second-order valence-corrected chi connectivity index (χ2v) is 4.59. The van der Waals surface area contributed by atoms with Crippen molar-refractivity contribution in [3.63, 3.8) is 0 Å². The summed E-state index contributed by atoms with van der Waals surface area (Å²) in [6.45, 7) is 3.85. The molecule has 1 aromatic rings. The van der Waals surface area contributed by atoms with Crippen molar-refractivity contribution in [3.8, 4) is 0 Å². The van der Waals surface area contributed by atoms with Gasteiger partial charge in [-0.1, -0.05) is 6.07 Å². The van der Waals surface area contributed by atoms with Gasteiger partial charge >= 0.3 is 0 Å². The van der Waals surface area contributed by atoms with Gasteiger partial charge in [-0.05, 0) is 38.9 Å². The lowest BCUT2D eigenvalue weighted by molar-refractivity contribution is -0.00815. The molecule has 0 fully saturated rings. The molecule has 0 bridgehead atoms. The Morgan fingerprint density at radius 2 is 2.00 bits per heavy atom. The van der Waals surface area contributed by atoms with Crippen LogP contribution in [0.25, 0.3) is 0 Å². The molecule has 1 aromatic carbocycles. The number of rotatable bonds is 5. The molecule has 0 heterocycles. The summed E-state index contributed by atoms with van der Waals surface area (Å²) >= 11 is 0. The summed E-state index contributed by atoms with van der Waals surface area (Å²) in [7, 11) is 3.41. The van der Waals surface area contributed by atoms with E-state index in [0.29, 0.717) is 12.0 Å². The predicted octanol–water partition coefficient (Wildman–Crippen LogP) is 2.52. The Morgan fingerprint density at radius 3 is 2.47 bits per heavy atom. The molecule has 4 heteroatoms. The molecular weight excluding hydrogens is 224 g/mol. The number of nitrogens with one attached hydrogen (secondary N) is 1. The summed E-state index contributed by atoms with van der Waals surface area (Å²) in [5.41, 5.74) is 0.0612. The molecule has 1 atom stereocenters. The summed E-state index contributed by atoms with van der Waals surface area (Å²) < 4.78 is 31.7. The van der Waals surface area contributed by atoms with Gasteiger partial charge in [-0.15, -0.1) is 0 Å². The highest BCUT2D eigenvalue weighted by Crippen LogP contribution is 2.19. The van der Waals surface area contributed by atoms with Crippen LogP contribution in [0.15, 0.2) is 18.2 Å². The first-order valence-electron chi connectivity index (χ1n) is 5.57. The van der Waals surface area contributed by atoms with Crippen LogP contribution in [0.3, 0.4) is 0 Å². The van der Waals surface area contributed by atoms with Gasteiger partial charge in [0.2, 0.25) is 0 Å². The van der Waals surface area contributed by atoms with E-state index >= 15 is 0 Å². The van der Waals surface area contributed by atoms with Gasteiger partial charge in [0.15, 0.2) is 0 Å². The third kappa shape index (κ3) is 3.48. The molecule has 2 nitrogen and oxygen atoms in total. The van der Waals surface area contributed by atoms with E-state index in [0.717, 1.165) is 6.07 Å². The lowest BCUT2D eigenvalue weighted by atomic mass is 9.92. The van der Waals surface area contributed by atoms with Crippen LogP contribution in [0, 0.1) is 11.6 Å². The van der Waals surface area contributed by atoms with Crippen molar-refractivity contribution in [2.75, 3.05) is 14.2 Å². The second kappa shape index (κ2) is 5.56. The van der Waals surface area contributed by atoms with E-state index in [4.69, 9.17) is 4.74 Å². The smallest absolute Gasteiger partial charge is 0.129 e. The Hall–Kier alpha value is -1.00. The number of hydrogen-bond acceptors (Lipinski definition) is 2. The van der Waals surface area contributed by atoms with E-state index in [1.165, 1.54) is 12.1 Å². The minimum absolute atomic E-state index is 0.0486. The molecule has 0 spiro atoms. The summed E-state index contributed by atoms with van der Waals surface area (Å²) in [6, 6.07) is 3.60. The zero-order valence-corrected chi connectivity index (χ0v) is 10.7. The summed E-state index contributed by atoms with van der Waals surface area (Å²) in [5.74, 6) is -1.07. The Balaban J connectivity index is 2.88. The molecule has 96 valence electrons. The van der Waals surface area contributed by atoms with E-state index in [2.05, 4.69) is 5.32 Å². The average molecular weight is 243 g/mol. The van der Waals surface area contributed by atoms with E-state index in [-0.39, 0.29) is 6.04 Å². The highest BCUT2D eigenvalue weighted by Gasteiger charge is 2.28. The minimum Gasteiger partial charge on any atom is -0.377 e. The van der Waals surface area contributed by atoms with Gasteiger partial charge in [0.25, 0.3) is 0 Å². The first-order chi connectivity index (χ1) is 7.90. The van der Waals surface area contributed by atoms with Crippen LogP contribution in [-0.4, -0.2) is 25.8 Å². The van der Waals surface area contributed by atoms with Crippen molar-refractivity contribution in [1.82, 2.24) is 5.32 Å². The number of benzene rings is 1. The fourth-order valence-corrected chi connectivity index (χ4v) is 1.74. The number of methoxy groups -OCH3 is 1. The van der Waals surface area contributed by atoms with E-state index in [1.807, 2.05) is 13.8 Å². The summed E-state index contributed by atoms with van der Waals surface area (Å²) in [5, 5.41) is 3.10. The van der Waals surface area contributed by atoms with Gasteiger partial charge in [0.05, 0.1) is 5.60 Å². The van der Waals surface area contributed by atoms with E-state index in [1.54, 1.807) is 14.2 Å². The normalized spacial score (nSPS) is 13.8. The molecule has 0 saturated heterocycles. The van der Waals surface area contributed by atoms with Gasteiger partial charge in [0, 0.05) is 19.2 Å². The van der Waals surface area contributed by atoms with E-state index < -0.39 is 17.2 Å². The van der Waals surface area contributed by atoms with E-state index in [9.17, 15) is 8.78 Å². The molecule has 0 aliphatic heterocycles. The standard InChI is InChI=1S/C13H19F2NO/c1-13(2,17-4)12(16-3)7-9-5-6-10(14)8-11(9)15/h5-6,8,12,16H,7H2,1-4H3. The fraction of sp³-hybridized carbons (Fsp3) is 0.538. The van der Waals surface area contributed by atoms with Gasteiger partial charge in [-0.25, -0.2) is 8.78 Å². The van der Waals surface area contributed by atoms with Crippen LogP contribution in [0.4, 0.5) is 8.78 Å². The number of hydrogen-bond donors (Lipinski definition) is 1. The fourth-order valence-electron chi connectivity index (χ4n) is 1.74. The van der Waals surface area contributed by atoms with Crippen LogP contribution in [0.5, 0.6) is 0 Å². The maximum atomic E-state index is 13.5. The van der Waals surface area contributed by atoms with Crippen molar-refractivity contribution < 1.29 is 13.5 Å². The van der Waals surface area contributed by atoms with Crippen LogP contribution < -0.4 is 5.32 Å². The van der Waals surface area contributed by atoms with Crippen molar-refractivity contribution in [3.05, 3.63) is 35.4 Å². The maximum Gasteiger partial charge on any atom is 0.129 e. The lowest BCUT2D eigenvalue weighted by Gasteiger charge is -2.33. The van der Waals surface area contributed by atoms with Crippen LogP contribution in [0.1, 0.15) is 19.4 Å². The highest BCUT2D eigenvalue weighted by molar-refractivity contribution is 5.20. The Kier molecular flexibility index (Phi) is 4.60. The Labute approximate surface area is 101 Å². The maximum absolute atomic E-state index is 13.5. The highest BCUT2D eigenvalue weighted by atomic mass is 19.1. The van der Waals surface area contributed by atoms with Gasteiger partial charge in [-0.2, -0.15) is 0 Å². The van der Waals surface area contributed by atoms with Crippen LogP contribution in [0.2, 0.25) is 0 Å². The zero-order chi connectivity index (χ0) is 13.1. The molecule has 0 amide bonds. The Morgan fingerprint density at radius 1 is 1.35 bits per heavy atom. The van der Waals surface area contributed by atoms with Crippen LogP contribution in [-0.2, 0) is 11.2 Å². The second-order valence-electron chi connectivity index (χ2n) is 4.59. The molecule has 17 heavy (non-hydrogen) atoms. The summed E-state index contributed by atoms with van der Waals surface area (Å²) in [4.78, 5) is 0. The van der Waals surface area contributed by atoms with Crippen molar-refractivity contribution in [1.29, 1.82) is 0 Å². The molecule has 0 saturated carbocycles. The molecule has 0 aromatic heterocycles. The molecule has 1 unspecified atom stereocenters. The summed E-state index contributed by atoms with van der Waals surface area (Å²) in [6.07, 6.45) is 0.448. The van der Waals surface area contributed by atoms with Crippen molar-refractivity contribution in [2.45, 2.75) is 31.9 Å². The third-order valence-corrected chi connectivity index (χ3v) is 3.15.